The second-order valence-corrected chi connectivity index (χ2v) is 8.57. The number of aliphatic carboxylic acids is 1. The number of aromatic nitrogens is 1. The molecule has 1 aromatic heterocycles. The fraction of sp³-hybridized carbons (Fsp3) is 0.273. The van der Waals surface area contributed by atoms with Crippen LogP contribution in [-0.4, -0.2) is 37.7 Å². The molecule has 1 amide bonds. The first-order valence-electron chi connectivity index (χ1n) is 9.71. The third-order valence-electron chi connectivity index (χ3n) is 4.65. The number of carbonyl (C=O) groups excluding carboxylic acids is 1. The summed E-state index contributed by atoms with van der Waals surface area (Å²) in [5.41, 5.74) is 9.23. The third kappa shape index (κ3) is 5.75. The Hall–Kier alpha value is -2.55. The molecule has 0 atom stereocenters. The van der Waals surface area contributed by atoms with Gasteiger partial charge in [0.25, 0.3) is 5.91 Å². The maximum Gasteiger partial charge on any atom is 0.303 e. The monoisotopic (exact) mass is 441 g/mol. The Kier molecular flexibility index (Phi) is 7.73. The van der Waals surface area contributed by atoms with E-state index in [1.807, 2.05) is 42.5 Å². The number of amides is 1. The van der Waals surface area contributed by atoms with Gasteiger partial charge in [-0.15, -0.1) is 0 Å². The summed E-state index contributed by atoms with van der Waals surface area (Å²) in [7, 11) is 0. The van der Waals surface area contributed by atoms with Gasteiger partial charge < -0.3 is 10.8 Å². The van der Waals surface area contributed by atoms with E-state index in [0.29, 0.717) is 34.4 Å². The maximum absolute atomic E-state index is 12.7. The number of nitrogens with two attached hydrogens (primary N) is 1. The quantitative estimate of drug-likeness (QED) is 0.344. The summed E-state index contributed by atoms with van der Waals surface area (Å²) in [4.78, 5) is 30.1. The number of carboxylic acids is 1. The van der Waals surface area contributed by atoms with Crippen LogP contribution in [0.25, 0.3) is 17.3 Å². The largest absolute Gasteiger partial charge is 0.481 e. The van der Waals surface area contributed by atoms with Gasteiger partial charge in [-0.05, 0) is 42.7 Å². The Bertz CT molecular complexity index is 991. The van der Waals surface area contributed by atoms with Crippen molar-refractivity contribution >= 4 is 46.3 Å². The molecule has 1 aromatic carbocycles. The number of pyridine rings is 1. The molecule has 30 heavy (non-hydrogen) atoms. The predicted octanol–water partition coefficient (Wildman–Crippen LogP) is 4.05. The first-order valence-corrected chi connectivity index (χ1v) is 10.9. The topological polar surface area (TPSA) is 96.5 Å². The Morgan fingerprint density at radius 2 is 2.00 bits per heavy atom. The molecule has 2 aromatic rings. The van der Waals surface area contributed by atoms with Gasteiger partial charge in [0, 0.05) is 25.1 Å². The number of thioether (sulfide) groups is 1. The van der Waals surface area contributed by atoms with Gasteiger partial charge in [-0.25, -0.2) is 4.98 Å². The van der Waals surface area contributed by atoms with Crippen LogP contribution >= 0.6 is 24.0 Å². The zero-order valence-electron chi connectivity index (χ0n) is 16.4. The lowest BCUT2D eigenvalue weighted by Crippen LogP contribution is -2.29. The van der Waals surface area contributed by atoms with E-state index in [1.165, 1.54) is 11.8 Å². The molecule has 0 radical (unpaired) electrons. The highest BCUT2D eigenvalue weighted by Gasteiger charge is 2.31. The highest BCUT2D eigenvalue weighted by atomic mass is 32.2. The number of benzene rings is 1. The second kappa shape index (κ2) is 10.5. The summed E-state index contributed by atoms with van der Waals surface area (Å²) in [5, 5.41) is 8.69. The molecule has 0 spiro atoms. The summed E-state index contributed by atoms with van der Waals surface area (Å²) in [6, 6.07) is 13.6. The van der Waals surface area contributed by atoms with Crippen LogP contribution in [0.4, 0.5) is 0 Å². The third-order valence-corrected chi connectivity index (χ3v) is 6.03. The predicted molar refractivity (Wildman–Crippen MR) is 124 cm³/mol. The highest BCUT2D eigenvalue weighted by molar-refractivity contribution is 8.26. The molecule has 0 aliphatic carbocycles. The van der Waals surface area contributed by atoms with Crippen LogP contribution in [0.5, 0.6) is 0 Å². The Morgan fingerprint density at radius 1 is 1.20 bits per heavy atom. The molecular formula is C22H23N3O3S2. The lowest BCUT2D eigenvalue weighted by molar-refractivity contribution is -0.137. The van der Waals surface area contributed by atoms with Crippen LogP contribution in [0.3, 0.4) is 0 Å². The van der Waals surface area contributed by atoms with Crippen molar-refractivity contribution in [2.75, 3.05) is 6.54 Å². The Labute approximate surface area is 185 Å². The van der Waals surface area contributed by atoms with Gasteiger partial charge in [0.05, 0.1) is 16.3 Å². The van der Waals surface area contributed by atoms with E-state index in [2.05, 4.69) is 4.98 Å². The van der Waals surface area contributed by atoms with E-state index in [1.54, 1.807) is 11.0 Å². The summed E-state index contributed by atoms with van der Waals surface area (Å²) in [5.74, 6) is -0.923. The van der Waals surface area contributed by atoms with Crippen LogP contribution in [0.2, 0.25) is 0 Å². The van der Waals surface area contributed by atoms with Crippen molar-refractivity contribution in [3.05, 3.63) is 58.6 Å². The minimum absolute atomic E-state index is 0.124. The van der Waals surface area contributed by atoms with Crippen molar-refractivity contribution in [3.8, 4) is 11.3 Å². The van der Waals surface area contributed by atoms with E-state index in [0.717, 1.165) is 29.7 Å². The zero-order chi connectivity index (χ0) is 21.5. The number of hydrogen-bond donors (Lipinski definition) is 2. The number of rotatable bonds is 9. The van der Waals surface area contributed by atoms with Crippen molar-refractivity contribution in [3.63, 3.8) is 0 Å². The number of nitrogens with zero attached hydrogens (tertiary/aromatic N) is 2. The Morgan fingerprint density at radius 3 is 2.77 bits per heavy atom. The van der Waals surface area contributed by atoms with Crippen molar-refractivity contribution in [1.29, 1.82) is 0 Å². The van der Waals surface area contributed by atoms with Gasteiger partial charge in [0.15, 0.2) is 0 Å². The van der Waals surface area contributed by atoms with Gasteiger partial charge >= 0.3 is 5.97 Å². The average Bonchev–Trinajstić information content (AvgIpc) is 3.00. The number of thiocarbonyl (C=S) groups is 1. The van der Waals surface area contributed by atoms with Crippen LogP contribution in [0.1, 0.15) is 36.9 Å². The van der Waals surface area contributed by atoms with Crippen molar-refractivity contribution in [1.82, 2.24) is 9.88 Å². The molecular weight excluding hydrogens is 418 g/mol. The minimum Gasteiger partial charge on any atom is -0.481 e. The molecule has 0 bridgehead atoms. The number of carboxylic acid groups (broad SMARTS) is 1. The summed E-state index contributed by atoms with van der Waals surface area (Å²) in [6.07, 6.45) is 3.97. The molecule has 8 heteroatoms. The second-order valence-electron chi connectivity index (χ2n) is 6.89. The first kappa shape index (κ1) is 22.1. The van der Waals surface area contributed by atoms with Crippen molar-refractivity contribution in [2.45, 2.75) is 32.2 Å². The number of carbonyl (C=O) groups is 2. The molecule has 2 heterocycles. The molecule has 6 nitrogen and oxygen atoms in total. The van der Waals surface area contributed by atoms with E-state index < -0.39 is 5.97 Å². The van der Waals surface area contributed by atoms with Crippen LogP contribution in [-0.2, 0) is 16.1 Å². The Balaban J connectivity index is 1.69. The fourth-order valence-corrected chi connectivity index (χ4v) is 4.39. The normalized spacial score (nSPS) is 15.2. The van der Waals surface area contributed by atoms with Gasteiger partial charge in [-0.2, -0.15) is 0 Å². The molecule has 1 saturated heterocycles. The fourth-order valence-electron chi connectivity index (χ4n) is 3.10. The highest BCUT2D eigenvalue weighted by Crippen LogP contribution is 2.33. The van der Waals surface area contributed by atoms with Gasteiger partial charge in [0.1, 0.15) is 4.32 Å². The first-order chi connectivity index (χ1) is 14.5. The van der Waals surface area contributed by atoms with E-state index in [4.69, 9.17) is 23.1 Å². The van der Waals surface area contributed by atoms with Gasteiger partial charge in [0.2, 0.25) is 0 Å². The lowest BCUT2D eigenvalue weighted by Gasteiger charge is -2.13. The average molecular weight is 442 g/mol. The number of hydrogen-bond acceptors (Lipinski definition) is 6. The van der Waals surface area contributed by atoms with E-state index >= 15 is 0 Å². The SMILES string of the molecule is NCc1cccc(-c2cccc(/C=C3\SC(=S)N(CCCCCC(=O)O)C3=O)n2)c1. The van der Waals surface area contributed by atoms with E-state index in [9.17, 15) is 9.59 Å². The molecule has 1 aliphatic heterocycles. The molecule has 0 saturated carbocycles. The van der Waals surface area contributed by atoms with E-state index in [-0.39, 0.29) is 12.3 Å². The maximum atomic E-state index is 12.7. The van der Waals surface area contributed by atoms with Crippen LogP contribution < -0.4 is 5.73 Å². The summed E-state index contributed by atoms with van der Waals surface area (Å²) in [6.45, 7) is 0.966. The number of unbranched alkanes of at least 4 members (excludes halogenated alkanes) is 2. The summed E-state index contributed by atoms with van der Waals surface area (Å²) >= 11 is 6.63. The zero-order valence-corrected chi connectivity index (χ0v) is 18.0. The molecule has 3 N–H and O–H groups in total. The van der Waals surface area contributed by atoms with Crippen LogP contribution in [0, 0.1) is 0 Å². The van der Waals surface area contributed by atoms with Crippen molar-refractivity contribution in [2.24, 2.45) is 5.73 Å². The van der Waals surface area contributed by atoms with Gasteiger partial charge in [-0.1, -0.05) is 54.7 Å². The molecule has 3 rings (SSSR count). The molecule has 0 unspecified atom stereocenters. The molecule has 1 aliphatic rings. The smallest absolute Gasteiger partial charge is 0.303 e. The molecule has 1 fully saturated rings. The van der Waals surface area contributed by atoms with Crippen molar-refractivity contribution < 1.29 is 14.7 Å². The molecule has 156 valence electrons. The standard InChI is InChI=1S/C22H23N3O3S2/c23-14-15-6-4-7-16(12-15)18-9-5-8-17(24-18)13-19-21(28)25(22(29)30-19)11-3-1-2-10-20(26)27/h4-9,12-13H,1-3,10-11,14,23H2,(H,26,27)/b19-13-. The van der Waals surface area contributed by atoms with Gasteiger partial charge in [-0.3, -0.25) is 14.5 Å². The minimum atomic E-state index is -0.798. The summed E-state index contributed by atoms with van der Waals surface area (Å²) < 4.78 is 0.524. The lowest BCUT2D eigenvalue weighted by atomic mass is 10.1. The van der Waals surface area contributed by atoms with Crippen LogP contribution in [0.15, 0.2) is 47.4 Å².